The number of hydrogen-bond donors (Lipinski definition) is 2. The standard InChI is InChI=1S/C18H20F3N3O2S/c19-18(20,21)14-3-1-2-4-15(14)23-17(25)22-11-16(13-5-8-26-12-13)24-6-9-27-10-7-24/h1-5,8,12,16H,6-7,9-11H2,(H2,22,23,25)/t16-/m0/s1. The predicted molar refractivity (Wildman–Crippen MR) is 98.8 cm³/mol. The summed E-state index contributed by atoms with van der Waals surface area (Å²) >= 11 is 1.87. The number of hydrogen-bond acceptors (Lipinski definition) is 4. The van der Waals surface area contributed by atoms with E-state index in [0.717, 1.165) is 36.2 Å². The molecule has 1 aromatic carbocycles. The van der Waals surface area contributed by atoms with Gasteiger partial charge in [0.25, 0.3) is 0 Å². The van der Waals surface area contributed by atoms with Crippen LogP contribution in [0.15, 0.2) is 47.3 Å². The zero-order valence-corrected chi connectivity index (χ0v) is 15.3. The summed E-state index contributed by atoms with van der Waals surface area (Å²) < 4.78 is 44.3. The topological polar surface area (TPSA) is 57.5 Å². The molecule has 0 radical (unpaired) electrons. The van der Waals surface area contributed by atoms with E-state index in [9.17, 15) is 18.0 Å². The number of nitrogens with zero attached hydrogens (tertiary/aromatic N) is 1. The van der Waals surface area contributed by atoms with Crippen molar-refractivity contribution in [2.45, 2.75) is 12.2 Å². The molecular formula is C18H20F3N3O2S. The Labute approximate surface area is 159 Å². The average molecular weight is 399 g/mol. The Balaban J connectivity index is 1.65. The first-order chi connectivity index (χ1) is 12.9. The van der Waals surface area contributed by atoms with Gasteiger partial charge in [0.1, 0.15) is 0 Å². The van der Waals surface area contributed by atoms with Crippen LogP contribution in [0.2, 0.25) is 0 Å². The van der Waals surface area contributed by atoms with E-state index >= 15 is 0 Å². The Morgan fingerprint density at radius 3 is 2.63 bits per heavy atom. The van der Waals surface area contributed by atoms with Gasteiger partial charge in [-0.2, -0.15) is 24.9 Å². The molecule has 0 unspecified atom stereocenters. The molecule has 1 saturated heterocycles. The molecule has 1 aliphatic heterocycles. The molecule has 1 atom stereocenters. The monoisotopic (exact) mass is 399 g/mol. The summed E-state index contributed by atoms with van der Waals surface area (Å²) in [6.07, 6.45) is -1.33. The summed E-state index contributed by atoms with van der Waals surface area (Å²) in [6.45, 7) is 2.02. The van der Waals surface area contributed by atoms with Crippen molar-refractivity contribution >= 4 is 23.5 Å². The Morgan fingerprint density at radius 1 is 1.22 bits per heavy atom. The molecule has 2 aromatic rings. The largest absolute Gasteiger partial charge is 0.472 e. The number of alkyl halides is 3. The van der Waals surface area contributed by atoms with Crippen molar-refractivity contribution in [3.63, 3.8) is 0 Å². The molecule has 2 heterocycles. The van der Waals surface area contributed by atoms with Crippen molar-refractivity contribution in [3.05, 3.63) is 54.0 Å². The van der Waals surface area contributed by atoms with Gasteiger partial charge in [0.05, 0.1) is 29.8 Å². The average Bonchev–Trinajstić information content (AvgIpc) is 3.17. The zero-order chi connectivity index (χ0) is 19.3. The van der Waals surface area contributed by atoms with Crippen molar-refractivity contribution in [1.82, 2.24) is 10.2 Å². The Morgan fingerprint density at radius 2 is 1.96 bits per heavy atom. The molecule has 5 nitrogen and oxygen atoms in total. The number of rotatable bonds is 5. The van der Waals surface area contributed by atoms with Crippen molar-refractivity contribution in [2.75, 3.05) is 36.5 Å². The number of amides is 2. The van der Waals surface area contributed by atoms with Crippen molar-refractivity contribution in [2.24, 2.45) is 0 Å². The van der Waals surface area contributed by atoms with Crippen LogP contribution < -0.4 is 10.6 Å². The van der Waals surface area contributed by atoms with E-state index in [0.29, 0.717) is 0 Å². The summed E-state index contributed by atoms with van der Waals surface area (Å²) in [6, 6.07) is 5.98. The van der Waals surface area contributed by atoms with E-state index in [1.807, 2.05) is 17.8 Å². The van der Waals surface area contributed by atoms with E-state index in [4.69, 9.17) is 4.42 Å². The third-order valence-corrected chi connectivity index (χ3v) is 5.29. The highest BCUT2D eigenvalue weighted by Gasteiger charge is 2.33. The van der Waals surface area contributed by atoms with E-state index in [1.165, 1.54) is 18.2 Å². The fraction of sp³-hybridized carbons (Fsp3) is 0.389. The molecule has 0 aliphatic carbocycles. The number of nitrogens with one attached hydrogen (secondary N) is 2. The first-order valence-corrected chi connectivity index (χ1v) is 9.65. The first-order valence-electron chi connectivity index (χ1n) is 8.50. The highest BCUT2D eigenvalue weighted by atomic mass is 32.2. The molecule has 0 saturated carbocycles. The number of para-hydroxylation sites is 1. The Kier molecular flexibility index (Phi) is 6.33. The third-order valence-electron chi connectivity index (χ3n) is 4.35. The summed E-state index contributed by atoms with van der Waals surface area (Å²) in [5.41, 5.74) is -0.214. The molecule has 9 heteroatoms. The number of anilines is 1. The molecule has 2 amide bonds. The molecule has 0 bridgehead atoms. The first kappa shape index (κ1) is 19.6. The number of halogens is 3. The van der Waals surface area contributed by atoms with Gasteiger partial charge < -0.3 is 15.1 Å². The molecule has 0 spiro atoms. The molecule has 2 N–H and O–H groups in total. The van der Waals surface area contributed by atoms with Crippen molar-refractivity contribution in [1.29, 1.82) is 0 Å². The maximum Gasteiger partial charge on any atom is 0.418 e. The molecule has 3 rings (SSSR count). The molecular weight excluding hydrogens is 379 g/mol. The van der Waals surface area contributed by atoms with Crippen LogP contribution in [0.4, 0.5) is 23.7 Å². The number of thioether (sulfide) groups is 1. The predicted octanol–water partition coefficient (Wildman–Crippen LogP) is 4.21. The van der Waals surface area contributed by atoms with E-state index < -0.39 is 17.8 Å². The second kappa shape index (κ2) is 8.71. The van der Waals surface area contributed by atoms with E-state index in [2.05, 4.69) is 15.5 Å². The third kappa shape index (κ3) is 5.20. The second-order valence-corrected chi connectivity index (χ2v) is 7.32. The van der Waals surface area contributed by atoms with Gasteiger partial charge in [-0.1, -0.05) is 12.1 Å². The lowest BCUT2D eigenvalue weighted by molar-refractivity contribution is -0.136. The number of urea groups is 1. The molecule has 1 fully saturated rings. The number of carbonyl (C=O) groups is 1. The van der Waals surface area contributed by atoms with Gasteiger partial charge in [-0.05, 0) is 18.2 Å². The van der Waals surface area contributed by atoms with Crippen LogP contribution in [0.3, 0.4) is 0 Å². The van der Waals surface area contributed by atoms with Gasteiger partial charge in [0, 0.05) is 36.7 Å². The van der Waals surface area contributed by atoms with Gasteiger partial charge in [-0.3, -0.25) is 4.90 Å². The number of carbonyl (C=O) groups excluding carboxylic acids is 1. The summed E-state index contributed by atoms with van der Waals surface area (Å²) in [4.78, 5) is 14.5. The van der Waals surface area contributed by atoms with Crippen LogP contribution in [0.5, 0.6) is 0 Å². The lowest BCUT2D eigenvalue weighted by atomic mass is 10.1. The Hall–Kier alpha value is -2.13. The van der Waals surface area contributed by atoms with Gasteiger partial charge in [-0.25, -0.2) is 4.79 Å². The van der Waals surface area contributed by atoms with E-state index in [-0.39, 0.29) is 18.3 Å². The molecule has 146 valence electrons. The van der Waals surface area contributed by atoms with Crippen LogP contribution in [0.1, 0.15) is 17.2 Å². The lowest BCUT2D eigenvalue weighted by Gasteiger charge is -2.34. The highest BCUT2D eigenvalue weighted by molar-refractivity contribution is 7.99. The normalized spacial score (nSPS) is 16.7. The van der Waals surface area contributed by atoms with Gasteiger partial charge in [0.15, 0.2) is 0 Å². The highest BCUT2D eigenvalue weighted by Crippen LogP contribution is 2.34. The smallest absolute Gasteiger partial charge is 0.418 e. The maximum absolute atomic E-state index is 13.1. The zero-order valence-electron chi connectivity index (χ0n) is 14.5. The number of furan rings is 1. The molecule has 27 heavy (non-hydrogen) atoms. The summed E-state index contributed by atoms with van der Waals surface area (Å²) in [7, 11) is 0. The fourth-order valence-electron chi connectivity index (χ4n) is 3.01. The van der Waals surface area contributed by atoms with E-state index in [1.54, 1.807) is 12.5 Å². The molecule has 1 aromatic heterocycles. The minimum atomic E-state index is -4.53. The van der Waals surface area contributed by atoms with Gasteiger partial charge in [0.2, 0.25) is 0 Å². The minimum absolute atomic E-state index is 0.0896. The Bertz CT molecular complexity index is 747. The maximum atomic E-state index is 13.1. The van der Waals surface area contributed by atoms with Crippen molar-refractivity contribution in [3.8, 4) is 0 Å². The van der Waals surface area contributed by atoms with Gasteiger partial charge >= 0.3 is 12.2 Å². The summed E-state index contributed by atoms with van der Waals surface area (Å²) in [5.74, 6) is 2.00. The quantitative estimate of drug-likeness (QED) is 0.791. The van der Waals surface area contributed by atoms with Crippen LogP contribution in [-0.4, -0.2) is 42.1 Å². The van der Waals surface area contributed by atoms with Crippen LogP contribution in [0, 0.1) is 0 Å². The van der Waals surface area contributed by atoms with Crippen molar-refractivity contribution < 1.29 is 22.4 Å². The molecule has 1 aliphatic rings. The minimum Gasteiger partial charge on any atom is -0.472 e. The second-order valence-electron chi connectivity index (χ2n) is 6.10. The SMILES string of the molecule is O=C(NC[C@@H](c1ccoc1)N1CCSCC1)Nc1ccccc1C(F)(F)F. The fourth-order valence-corrected chi connectivity index (χ4v) is 3.94. The van der Waals surface area contributed by atoms with Crippen LogP contribution >= 0.6 is 11.8 Å². The lowest BCUT2D eigenvalue weighted by Crippen LogP contribution is -2.43. The number of benzene rings is 1. The summed E-state index contributed by atoms with van der Waals surface area (Å²) in [5, 5.41) is 4.99. The van der Waals surface area contributed by atoms with Crippen LogP contribution in [0.25, 0.3) is 0 Å². The van der Waals surface area contributed by atoms with Crippen LogP contribution in [-0.2, 0) is 6.18 Å². The van der Waals surface area contributed by atoms with Gasteiger partial charge in [-0.15, -0.1) is 0 Å².